The van der Waals surface area contributed by atoms with Crippen molar-refractivity contribution in [1.82, 2.24) is 0 Å². The van der Waals surface area contributed by atoms with Crippen molar-refractivity contribution in [2.24, 2.45) is 4.40 Å². The number of amides is 1. The number of hydrogen-bond donors (Lipinski definition) is 0. The molecule has 2 atom stereocenters. The maximum absolute atomic E-state index is 13.1. The fourth-order valence-electron chi connectivity index (χ4n) is 4.98. The summed E-state index contributed by atoms with van der Waals surface area (Å²) < 4.78 is 35.2. The molecule has 2 aromatic carbocycles. The van der Waals surface area contributed by atoms with Gasteiger partial charge in [-0.3, -0.25) is 4.79 Å². The molecule has 5 rings (SSSR count). The molecule has 0 aromatic heterocycles. The summed E-state index contributed by atoms with van der Waals surface area (Å²) in [4.78, 5) is 29.6. The van der Waals surface area contributed by atoms with Crippen molar-refractivity contribution < 1.29 is 22.7 Å². The van der Waals surface area contributed by atoms with Crippen LogP contribution in [0.15, 0.2) is 51.8 Å². The molecular weight excluding hydrogens is 454 g/mol. The first-order valence-electron chi connectivity index (χ1n) is 11.6. The van der Waals surface area contributed by atoms with Gasteiger partial charge in [-0.15, -0.1) is 4.40 Å². The summed E-state index contributed by atoms with van der Waals surface area (Å²) in [5.74, 6) is -0.501. The van der Waals surface area contributed by atoms with Crippen LogP contribution in [0.25, 0.3) is 0 Å². The van der Waals surface area contributed by atoms with Crippen molar-refractivity contribution in [2.45, 2.75) is 63.0 Å². The van der Waals surface area contributed by atoms with Gasteiger partial charge in [-0.2, -0.15) is 8.42 Å². The van der Waals surface area contributed by atoms with Crippen molar-refractivity contribution in [2.75, 3.05) is 16.3 Å². The Morgan fingerprint density at radius 1 is 1.09 bits per heavy atom. The zero-order chi connectivity index (χ0) is 24.0. The predicted octanol–water partition coefficient (Wildman–Crippen LogP) is 3.69. The average Bonchev–Trinajstić information content (AvgIpc) is 2.97. The minimum absolute atomic E-state index is 0.00586. The Labute approximate surface area is 199 Å². The lowest BCUT2D eigenvalue weighted by molar-refractivity contribution is -0.126. The number of ether oxygens (including phenoxy) is 1. The number of anilines is 2. The molecule has 0 N–H and O–H groups in total. The predicted molar refractivity (Wildman–Crippen MR) is 129 cm³/mol. The van der Waals surface area contributed by atoms with E-state index in [9.17, 15) is 18.0 Å². The molecular formula is C25H27N3O5S. The molecule has 3 aliphatic rings. The number of nitrogens with zero attached hydrogens (tertiary/aromatic N) is 3. The van der Waals surface area contributed by atoms with Crippen LogP contribution in [0.5, 0.6) is 0 Å². The second-order valence-corrected chi connectivity index (χ2v) is 10.6. The summed E-state index contributed by atoms with van der Waals surface area (Å²) in [5.41, 5.74) is 2.52. The lowest BCUT2D eigenvalue weighted by Gasteiger charge is -2.29. The van der Waals surface area contributed by atoms with Crippen LogP contribution in [0.1, 0.15) is 55.5 Å². The van der Waals surface area contributed by atoms with Gasteiger partial charge in [-0.25, -0.2) is 4.79 Å². The van der Waals surface area contributed by atoms with E-state index in [-0.39, 0.29) is 22.4 Å². The number of sulfonamides is 1. The van der Waals surface area contributed by atoms with Gasteiger partial charge in [0.15, 0.2) is 6.10 Å². The van der Waals surface area contributed by atoms with Gasteiger partial charge in [-0.1, -0.05) is 24.6 Å². The molecule has 1 fully saturated rings. The summed E-state index contributed by atoms with van der Waals surface area (Å²) >= 11 is 0. The molecule has 0 radical (unpaired) electrons. The van der Waals surface area contributed by atoms with Gasteiger partial charge in [-0.05, 0) is 62.9 Å². The molecule has 0 spiro atoms. The molecule has 1 amide bonds. The third-order valence-electron chi connectivity index (χ3n) is 6.66. The Bertz CT molecular complexity index is 1300. The highest BCUT2D eigenvalue weighted by Gasteiger charge is 2.36. The summed E-state index contributed by atoms with van der Waals surface area (Å²) in [6.07, 6.45) is 3.19. The average molecular weight is 482 g/mol. The first-order chi connectivity index (χ1) is 16.3. The number of hydrogen-bond acceptors (Lipinski definition) is 6. The molecule has 2 aromatic rings. The van der Waals surface area contributed by atoms with Gasteiger partial charge in [0.1, 0.15) is 10.7 Å². The van der Waals surface area contributed by atoms with Crippen molar-refractivity contribution >= 4 is 39.1 Å². The molecule has 0 unspecified atom stereocenters. The first kappa shape index (κ1) is 22.6. The van der Waals surface area contributed by atoms with Crippen molar-refractivity contribution in [1.29, 1.82) is 0 Å². The van der Waals surface area contributed by atoms with E-state index in [0.717, 1.165) is 36.9 Å². The molecule has 0 saturated carbocycles. The molecule has 0 bridgehead atoms. The molecule has 0 aliphatic carbocycles. The smallest absolute Gasteiger partial charge is 0.338 e. The van der Waals surface area contributed by atoms with E-state index >= 15 is 0 Å². The van der Waals surface area contributed by atoms with Crippen LogP contribution < -0.4 is 9.80 Å². The van der Waals surface area contributed by atoms with E-state index in [2.05, 4.69) is 4.40 Å². The molecule has 3 heterocycles. The largest absolute Gasteiger partial charge is 0.449 e. The molecule has 3 aliphatic heterocycles. The van der Waals surface area contributed by atoms with Crippen LogP contribution >= 0.6 is 0 Å². The fraction of sp³-hybridized carbons (Fsp3) is 0.400. The summed E-state index contributed by atoms with van der Waals surface area (Å²) in [6.45, 7) is 4.18. The number of amidine groups is 1. The van der Waals surface area contributed by atoms with Gasteiger partial charge < -0.3 is 14.5 Å². The Morgan fingerprint density at radius 2 is 1.88 bits per heavy atom. The van der Waals surface area contributed by atoms with Crippen LogP contribution in [0.3, 0.4) is 0 Å². The second kappa shape index (κ2) is 8.54. The van der Waals surface area contributed by atoms with Gasteiger partial charge in [0.05, 0.1) is 11.3 Å². The highest BCUT2D eigenvalue weighted by Crippen LogP contribution is 2.36. The number of benzene rings is 2. The lowest BCUT2D eigenvalue weighted by Crippen LogP contribution is -2.43. The topological polar surface area (TPSA) is 96.4 Å². The standard InChI is InChI=1S/C25H27N3O5S/c1-16-14-18-8-5-6-9-20(18)28(16)24(29)17(2)33-25(30)19-11-12-21-22(15-19)34(31,32)26-23-10-4-3-7-13-27(21)23/h5-6,8-9,11-12,15-17H,3-4,7,10,13-14H2,1-2H3/t16-,17+/m1/s1. The van der Waals surface area contributed by atoms with Gasteiger partial charge >= 0.3 is 5.97 Å². The zero-order valence-corrected chi connectivity index (χ0v) is 20.0. The number of para-hydroxylation sites is 1. The van der Waals surface area contributed by atoms with Gasteiger partial charge in [0, 0.05) is 24.7 Å². The number of carbonyl (C=O) groups excluding carboxylic acids is 2. The third kappa shape index (κ3) is 3.87. The monoisotopic (exact) mass is 481 g/mol. The van der Waals surface area contributed by atoms with E-state index in [1.54, 1.807) is 17.0 Å². The fourth-order valence-corrected chi connectivity index (χ4v) is 6.27. The number of fused-ring (bicyclic) bond motifs is 4. The van der Waals surface area contributed by atoms with Crippen LogP contribution in [0.4, 0.5) is 11.4 Å². The zero-order valence-electron chi connectivity index (χ0n) is 19.2. The van der Waals surface area contributed by atoms with E-state index in [0.29, 0.717) is 24.5 Å². The molecule has 9 heteroatoms. The van der Waals surface area contributed by atoms with Gasteiger partial charge in [0.25, 0.3) is 15.9 Å². The normalized spacial score (nSPS) is 21.5. The van der Waals surface area contributed by atoms with E-state index in [4.69, 9.17) is 4.74 Å². The molecule has 1 saturated heterocycles. The number of esters is 1. The quantitative estimate of drug-likeness (QED) is 0.621. The minimum Gasteiger partial charge on any atom is -0.449 e. The van der Waals surface area contributed by atoms with Crippen LogP contribution in [0, 0.1) is 0 Å². The van der Waals surface area contributed by atoms with Crippen molar-refractivity contribution in [3.05, 3.63) is 53.6 Å². The van der Waals surface area contributed by atoms with Crippen LogP contribution in [-0.2, 0) is 26.0 Å². The number of rotatable bonds is 3. The first-order valence-corrected chi connectivity index (χ1v) is 13.1. The highest BCUT2D eigenvalue weighted by atomic mass is 32.2. The Morgan fingerprint density at radius 3 is 2.71 bits per heavy atom. The Hall–Kier alpha value is -3.20. The summed E-state index contributed by atoms with van der Waals surface area (Å²) in [5, 5.41) is 0. The number of carbonyl (C=O) groups is 2. The molecule has 8 nitrogen and oxygen atoms in total. The van der Waals surface area contributed by atoms with E-state index in [1.807, 2.05) is 36.1 Å². The lowest BCUT2D eigenvalue weighted by atomic mass is 10.1. The molecule has 178 valence electrons. The third-order valence-corrected chi connectivity index (χ3v) is 7.99. The maximum Gasteiger partial charge on any atom is 0.338 e. The highest BCUT2D eigenvalue weighted by molar-refractivity contribution is 7.90. The van der Waals surface area contributed by atoms with Crippen molar-refractivity contribution in [3.8, 4) is 0 Å². The van der Waals surface area contributed by atoms with Crippen molar-refractivity contribution in [3.63, 3.8) is 0 Å². The molecule has 34 heavy (non-hydrogen) atoms. The second-order valence-electron chi connectivity index (χ2n) is 9.07. The van der Waals surface area contributed by atoms with Gasteiger partial charge in [0.2, 0.25) is 0 Å². The summed E-state index contributed by atoms with van der Waals surface area (Å²) in [7, 11) is -3.92. The Kier molecular flexibility index (Phi) is 5.67. The van der Waals surface area contributed by atoms with E-state index < -0.39 is 22.1 Å². The maximum atomic E-state index is 13.1. The minimum atomic E-state index is -3.92. The van der Waals surface area contributed by atoms with Crippen LogP contribution in [0.2, 0.25) is 0 Å². The SMILES string of the molecule is C[C@H](OC(=O)c1ccc2c(c1)S(=O)(=O)N=C1CCCCCN12)C(=O)N1c2ccccc2C[C@H]1C. The van der Waals surface area contributed by atoms with Crippen LogP contribution in [-0.4, -0.2) is 44.8 Å². The van der Waals surface area contributed by atoms with E-state index in [1.165, 1.54) is 13.0 Å². The summed E-state index contributed by atoms with van der Waals surface area (Å²) in [6, 6.07) is 12.1. The Balaban J connectivity index is 1.37.